The molecule has 3 N–H and O–H groups in total. The molecule has 0 saturated heterocycles. The molecule has 0 saturated carbocycles. The summed E-state index contributed by atoms with van der Waals surface area (Å²) in [5.74, 6) is 0.780. The number of benzene rings is 2. The highest BCUT2D eigenvalue weighted by Gasteiger charge is 2.06. The van der Waals surface area contributed by atoms with Gasteiger partial charge in [0.25, 0.3) is 0 Å². The molecule has 1 heterocycles. The fourth-order valence-electron chi connectivity index (χ4n) is 2.51. The molecule has 1 atom stereocenters. The molecule has 3 rings (SSSR count). The van der Waals surface area contributed by atoms with Crippen molar-refractivity contribution in [1.82, 2.24) is 15.2 Å². The van der Waals surface area contributed by atoms with Gasteiger partial charge >= 0.3 is 0 Å². The summed E-state index contributed by atoms with van der Waals surface area (Å²) in [5.41, 5.74) is 6.73. The summed E-state index contributed by atoms with van der Waals surface area (Å²) in [5, 5.41) is 1.06. The quantitative estimate of drug-likeness (QED) is 0.473. The number of methoxy groups -OCH3 is 1. The maximum Gasteiger partial charge on any atom is 0.245 e. The maximum absolute atomic E-state index is 10.5. The zero-order valence-corrected chi connectivity index (χ0v) is 13.8. The van der Waals surface area contributed by atoms with Crippen LogP contribution in [0.1, 0.15) is 5.56 Å². The van der Waals surface area contributed by atoms with Gasteiger partial charge in [-0.3, -0.25) is 9.54 Å². The summed E-state index contributed by atoms with van der Waals surface area (Å²) in [7, 11) is 1.64. The number of hydrogen-bond donors (Lipinski definition) is 3. The molecule has 6 nitrogen and oxygen atoms in total. The first kappa shape index (κ1) is 16.5. The van der Waals surface area contributed by atoms with Crippen molar-refractivity contribution in [1.29, 1.82) is 0 Å². The summed E-state index contributed by atoms with van der Waals surface area (Å²) in [4.78, 5) is 6.63. The minimum atomic E-state index is -2.07. The van der Waals surface area contributed by atoms with Crippen LogP contribution in [-0.2, 0) is 17.8 Å². The molecular weight excluding hydrogens is 326 g/mol. The average molecular weight is 343 g/mol. The van der Waals surface area contributed by atoms with Crippen molar-refractivity contribution in [3.63, 3.8) is 0 Å². The first-order valence-electron chi connectivity index (χ1n) is 7.29. The monoisotopic (exact) mass is 343 g/mol. The largest absolute Gasteiger partial charge is 0.497 e. The fraction of sp³-hybridized carbons (Fsp3) is 0.118. The molecule has 0 fully saturated rings. The molecule has 1 aromatic heterocycles. The Labute approximate surface area is 142 Å². The van der Waals surface area contributed by atoms with E-state index in [4.69, 9.17) is 9.29 Å². The molecule has 0 aliphatic carbocycles. The van der Waals surface area contributed by atoms with Crippen LogP contribution in [0, 0.1) is 0 Å². The summed E-state index contributed by atoms with van der Waals surface area (Å²) >= 11 is -2.07. The molecular formula is C17H17N3O3S. The molecule has 0 bridgehead atoms. The van der Waals surface area contributed by atoms with E-state index in [1.54, 1.807) is 13.3 Å². The first-order valence-corrected chi connectivity index (χ1v) is 8.39. The minimum Gasteiger partial charge on any atom is -0.497 e. The number of hydrazine groups is 1. The van der Waals surface area contributed by atoms with Crippen LogP contribution >= 0.6 is 0 Å². The van der Waals surface area contributed by atoms with E-state index in [1.807, 2.05) is 48.5 Å². The van der Waals surface area contributed by atoms with Crippen molar-refractivity contribution in [3.8, 4) is 16.9 Å². The maximum atomic E-state index is 10.5. The Morgan fingerprint density at radius 2 is 1.96 bits per heavy atom. The number of nitrogens with zero attached hydrogens (tertiary/aromatic N) is 1. The van der Waals surface area contributed by atoms with Crippen molar-refractivity contribution in [2.24, 2.45) is 0 Å². The summed E-state index contributed by atoms with van der Waals surface area (Å²) in [6.45, 7) is 0.445. The van der Waals surface area contributed by atoms with E-state index >= 15 is 0 Å². The van der Waals surface area contributed by atoms with Gasteiger partial charge in [-0.2, -0.15) is 4.83 Å². The van der Waals surface area contributed by atoms with Gasteiger partial charge in [-0.1, -0.05) is 24.3 Å². The highest BCUT2D eigenvalue weighted by molar-refractivity contribution is 7.77. The standard InChI is InChI=1S/C17H17N3O3S/c1-23-14-6-7-16-15(8-9-18-17(16)10-14)13-4-2-12(3-5-13)11-19-20-24(21)22/h2-10,19-20H,11H2,1H3,(H,21,22). The fourth-order valence-corrected chi connectivity index (χ4v) is 2.70. The van der Waals surface area contributed by atoms with Crippen LogP contribution in [0.4, 0.5) is 0 Å². The number of pyridine rings is 1. The number of rotatable bonds is 6. The van der Waals surface area contributed by atoms with Crippen LogP contribution in [0.2, 0.25) is 0 Å². The topological polar surface area (TPSA) is 83.5 Å². The minimum absolute atomic E-state index is 0.445. The Morgan fingerprint density at radius 3 is 2.67 bits per heavy atom. The van der Waals surface area contributed by atoms with Gasteiger partial charge in [-0.25, -0.2) is 9.63 Å². The van der Waals surface area contributed by atoms with Gasteiger partial charge in [-0.15, -0.1) is 0 Å². The lowest BCUT2D eigenvalue weighted by molar-refractivity contribution is 0.415. The number of hydrogen-bond acceptors (Lipinski definition) is 4. The van der Waals surface area contributed by atoms with Gasteiger partial charge < -0.3 is 4.74 Å². The lowest BCUT2D eigenvalue weighted by Gasteiger charge is -2.09. The Bertz CT molecular complexity index is 869. The normalized spacial score (nSPS) is 12.2. The lowest BCUT2D eigenvalue weighted by atomic mass is 10.00. The Balaban J connectivity index is 1.86. The molecule has 0 spiro atoms. The van der Waals surface area contributed by atoms with E-state index in [0.29, 0.717) is 6.54 Å². The second kappa shape index (κ2) is 7.50. The van der Waals surface area contributed by atoms with E-state index in [2.05, 4.69) is 15.2 Å². The zero-order chi connectivity index (χ0) is 16.9. The molecule has 0 aliphatic heterocycles. The van der Waals surface area contributed by atoms with Gasteiger partial charge in [0.2, 0.25) is 11.3 Å². The molecule has 0 aliphatic rings. The van der Waals surface area contributed by atoms with Gasteiger partial charge in [0.1, 0.15) is 5.75 Å². The summed E-state index contributed by atoms with van der Waals surface area (Å²) in [6, 6.07) is 15.8. The molecule has 1 unspecified atom stereocenters. The molecule has 0 radical (unpaired) electrons. The molecule has 2 aromatic carbocycles. The number of nitrogens with one attached hydrogen (secondary N) is 2. The number of ether oxygens (including phenoxy) is 1. The first-order chi connectivity index (χ1) is 11.7. The third-order valence-electron chi connectivity index (χ3n) is 3.67. The smallest absolute Gasteiger partial charge is 0.245 e. The van der Waals surface area contributed by atoms with Crippen LogP contribution in [0.5, 0.6) is 5.75 Å². The number of fused-ring (bicyclic) bond motifs is 1. The summed E-state index contributed by atoms with van der Waals surface area (Å²) in [6.07, 6.45) is 1.78. The van der Waals surface area contributed by atoms with Crippen LogP contribution in [0.3, 0.4) is 0 Å². The van der Waals surface area contributed by atoms with Gasteiger partial charge in [0, 0.05) is 24.2 Å². The molecule has 3 aromatic rings. The molecule has 7 heteroatoms. The zero-order valence-electron chi connectivity index (χ0n) is 13.0. The van der Waals surface area contributed by atoms with E-state index < -0.39 is 11.3 Å². The molecule has 124 valence electrons. The number of aromatic nitrogens is 1. The second-order valence-electron chi connectivity index (χ2n) is 5.14. The van der Waals surface area contributed by atoms with E-state index in [-0.39, 0.29) is 0 Å². The Hall–Kier alpha value is -2.32. The van der Waals surface area contributed by atoms with E-state index in [1.165, 1.54) is 0 Å². The van der Waals surface area contributed by atoms with Gasteiger partial charge in [-0.05, 0) is 34.9 Å². The van der Waals surface area contributed by atoms with E-state index in [0.717, 1.165) is 33.3 Å². The van der Waals surface area contributed by atoms with Crippen LogP contribution in [0.25, 0.3) is 22.0 Å². The van der Waals surface area contributed by atoms with Crippen molar-refractivity contribution >= 4 is 22.2 Å². The Kier molecular flexibility index (Phi) is 5.17. The van der Waals surface area contributed by atoms with Crippen LogP contribution in [0.15, 0.2) is 54.7 Å². The Morgan fingerprint density at radius 1 is 1.17 bits per heavy atom. The third-order valence-corrected chi connectivity index (χ3v) is 3.99. The summed E-state index contributed by atoms with van der Waals surface area (Å²) < 4.78 is 24.4. The predicted octanol–water partition coefficient (Wildman–Crippen LogP) is 2.64. The van der Waals surface area contributed by atoms with Crippen molar-refractivity contribution in [3.05, 3.63) is 60.3 Å². The van der Waals surface area contributed by atoms with Gasteiger partial charge in [0.05, 0.1) is 12.6 Å². The highest BCUT2D eigenvalue weighted by Crippen LogP contribution is 2.29. The lowest BCUT2D eigenvalue weighted by Crippen LogP contribution is -2.32. The molecule has 24 heavy (non-hydrogen) atoms. The van der Waals surface area contributed by atoms with Crippen molar-refractivity contribution < 1.29 is 13.5 Å². The van der Waals surface area contributed by atoms with Crippen LogP contribution < -0.4 is 15.0 Å². The predicted molar refractivity (Wildman–Crippen MR) is 94.5 cm³/mol. The molecule has 0 amide bonds. The average Bonchev–Trinajstić information content (AvgIpc) is 2.61. The highest BCUT2D eigenvalue weighted by atomic mass is 32.2. The second-order valence-corrected chi connectivity index (χ2v) is 5.85. The van der Waals surface area contributed by atoms with Crippen LogP contribution in [-0.4, -0.2) is 20.9 Å². The van der Waals surface area contributed by atoms with Crippen molar-refractivity contribution in [2.75, 3.05) is 7.11 Å². The van der Waals surface area contributed by atoms with Gasteiger partial charge in [0.15, 0.2) is 0 Å². The van der Waals surface area contributed by atoms with Crippen molar-refractivity contribution in [2.45, 2.75) is 6.54 Å². The SMILES string of the molecule is COc1ccc2c(-c3ccc(CNNS(=O)O)cc3)ccnc2c1. The van der Waals surface area contributed by atoms with E-state index in [9.17, 15) is 4.21 Å². The third kappa shape index (κ3) is 3.77.